The average molecular weight is 255 g/mol. The summed E-state index contributed by atoms with van der Waals surface area (Å²) in [6, 6.07) is 10.9. The first-order chi connectivity index (χ1) is 9.16. The predicted octanol–water partition coefficient (Wildman–Crippen LogP) is 1.98. The number of aromatic hydroxyl groups is 1. The monoisotopic (exact) mass is 255 g/mol. The van der Waals surface area contributed by atoms with E-state index in [4.69, 9.17) is 5.84 Å². The van der Waals surface area contributed by atoms with Crippen molar-refractivity contribution in [1.29, 1.82) is 0 Å². The van der Waals surface area contributed by atoms with Crippen LogP contribution in [0.2, 0.25) is 0 Å². The van der Waals surface area contributed by atoms with Gasteiger partial charge in [0.1, 0.15) is 17.0 Å². The standard InChI is InChI=1S/C13H13N5O/c1-8-2-4-9(5-3-8)18(14)13-11(19)7-6-10-12(13)16-17-15-10/h2-7,19H,14H2,1H3,(H,15,16,17). The molecule has 0 amide bonds. The number of nitrogens with zero attached hydrogens (tertiary/aromatic N) is 3. The van der Waals surface area contributed by atoms with Crippen molar-refractivity contribution in [3.63, 3.8) is 0 Å². The molecular weight excluding hydrogens is 242 g/mol. The molecule has 0 saturated carbocycles. The first-order valence-electron chi connectivity index (χ1n) is 5.81. The minimum Gasteiger partial charge on any atom is -0.506 e. The fourth-order valence-electron chi connectivity index (χ4n) is 1.96. The molecule has 6 heteroatoms. The molecule has 96 valence electrons. The maximum atomic E-state index is 10.0. The Kier molecular flexibility index (Phi) is 2.57. The van der Waals surface area contributed by atoms with Crippen LogP contribution in [0, 0.1) is 6.92 Å². The second kappa shape index (κ2) is 4.25. The molecule has 0 fully saturated rings. The van der Waals surface area contributed by atoms with Crippen molar-refractivity contribution < 1.29 is 5.11 Å². The van der Waals surface area contributed by atoms with Crippen LogP contribution in [-0.4, -0.2) is 20.5 Å². The maximum absolute atomic E-state index is 10.0. The van der Waals surface area contributed by atoms with Gasteiger partial charge in [0.05, 0.1) is 11.2 Å². The molecule has 1 aromatic heterocycles. The van der Waals surface area contributed by atoms with Crippen LogP contribution in [0.3, 0.4) is 0 Å². The van der Waals surface area contributed by atoms with Gasteiger partial charge in [-0.05, 0) is 31.2 Å². The second-order valence-electron chi connectivity index (χ2n) is 4.35. The topological polar surface area (TPSA) is 91.1 Å². The zero-order chi connectivity index (χ0) is 13.4. The highest BCUT2D eigenvalue weighted by Crippen LogP contribution is 2.35. The van der Waals surface area contributed by atoms with Crippen LogP contribution in [0.4, 0.5) is 11.4 Å². The van der Waals surface area contributed by atoms with Crippen molar-refractivity contribution in [2.75, 3.05) is 5.01 Å². The van der Waals surface area contributed by atoms with E-state index in [2.05, 4.69) is 15.4 Å². The van der Waals surface area contributed by atoms with Gasteiger partial charge in [-0.1, -0.05) is 22.9 Å². The summed E-state index contributed by atoms with van der Waals surface area (Å²) in [5.74, 6) is 6.14. The molecule has 0 spiro atoms. The van der Waals surface area contributed by atoms with E-state index in [0.29, 0.717) is 11.2 Å². The summed E-state index contributed by atoms with van der Waals surface area (Å²) >= 11 is 0. The van der Waals surface area contributed by atoms with Gasteiger partial charge in [0, 0.05) is 0 Å². The first kappa shape index (κ1) is 11.5. The number of nitrogens with two attached hydrogens (primary N) is 1. The Hall–Kier alpha value is -2.60. The number of hydrogen-bond donors (Lipinski definition) is 3. The lowest BCUT2D eigenvalue weighted by Crippen LogP contribution is -2.25. The van der Waals surface area contributed by atoms with E-state index in [0.717, 1.165) is 16.8 Å². The number of anilines is 2. The summed E-state index contributed by atoms with van der Waals surface area (Å²) < 4.78 is 0. The molecule has 0 aliphatic carbocycles. The Morgan fingerprint density at radius 1 is 1.16 bits per heavy atom. The number of rotatable bonds is 2. The quantitative estimate of drug-likeness (QED) is 0.481. The van der Waals surface area contributed by atoms with Crippen molar-refractivity contribution in [1.82, 2.24) is 15.4 Å². The van der Waals surface area contributed by atoms with Gasteiger partial charge < -0.3 is 5.11 Å². The molecule has 4 N–H and O–H groups in total. The van der Waals surface area contributed by atoms with Gasteiger partial charge in [0.15, 0.2) is 0 Å². The number of hydrogen-bond acceptors (Lipinski definition) is 5. The Morgan fingerprint density at radius 2 is 1.89 bits per heavy atom. The molecule has 0 aliphatic rings. The van der Waals surface area contributed by atoms with Crippen LogP contribution in [-0.2, 0) is 0 Å². The highest BCUT2D eigenvalue weighted by atomic mass is 16.3. The van der Waals surface area contributed by atoms with E-state index in [1.54, 1.807) is 12.1 Å². The molecule has 2 aromatic carbocycles. The third-order valence-corrected chi connectivity index (χ3v) is 3.00. The summed E-state index contributed by atoms with van der Waals surface area (Å²) in [6.45, 7) is 2.00. The van der Waals surface area contributed by atoms with Crippen LogP contribution >= 0.6 is 0 Å². The number of phenolic OH excluding ortho intramolecular Hbond substituents is 1. The Labute approximate surface area is 109 Å². The second-order valence-corrected chi connectivity index (χ2v) is 4.35. The fourth-order valence-corrected chi connectivity index (χ4v) is 1.96. The lowest BCUT2D eigenvalue weighted by molar-refractivity contribution is 0.476. The minimum atomic E-state index is 0.0597. The van der Waals surface area contributed by atoms with E-state index in [9.17, 15) is 5.11 Å². The Morgan fingerprint density at radius 3 is 2.63 bits per heavy atom. The third-order valence-electron chi connectivity index (χ3n) is 3.00. The van der Waals surface area contributed by atoms with Crippen LogP contribution in [0.25, 0.3) is 11.0 Å². The average Bonchev–Trinajstić information content (AvgIpc) is 2.87. The molecule has 0 saturated heterocycles. The van der Waals surface area contributed by atoms with E-state index < -0.39 is 0 Å². The molecule has 19 heavy (non-hydrogen) atoms. The maximum Gasteiger partial charge on any atom is 0.143 e. The minimum absolute atomic E-state index is 0.0597. The van der Waals surface area contributed by atoms with Gasteiger partial charge in [0.2, 0.25) is 0 Å². The van der Waals surface area contributed by atoms with E-state index in [1.807, 2.05) is 31.2 Å². The molecule has 6 nitrogen and oxygen atoms in total. The number of phenols is 1. The highest BCUT2D eigenvalue weighted by Gasteiger charge is 2.16. The molecule has 0 bridgehead atoms. The predicted molar refractivity (Wildman–Crippen MR) is 73.1 cm³/mol. The van der Waals surface area contributed by atoms with Gasteiger partial charge in [0.25, 0.3) is 0 Å². The normalized spacial score (nSPS) is 10.8. The zero-order valence-corrected chi connectivity index (χ0v) is 10.3. The molecule has 1 heterocycles. The van der Waals surface area contributed by atoms with Crippen molar-refractivity contribution in [2.45, 2.75) is 6.92 Å². The number of fused-ring (bicyclic) bond motifs is 1. The number of aromatic nitrogens is 3. The van der Waals surface area contributed by atoms with Crippen molar-refractivity contribution >= 4 is 22.4 Å². The Bertz CT molecular complexity index is 719. The SMILES string of the molecule is Cc1ccc(N(N)c2c(O)ccc3[nH]nnc23)cc1. The fraction of sp³-hybridized carbons (Fsp3) is 0.0769. The van der Waals surface area contributed by atoms with Gasteiger partial charge in [-0.25, -0.2) is 5.84 Å². The lowest BCUT2D eigenvalue weighted by atomic mass is 10.2. The number of nitrogens with one attached hydrogen (secondary N) is 1. The molecule has 0 unspecified atom stereocenters. The first-order valence-corrected chi connectivity index (χ1v) is 5.81. The molecule has 0 radical (unpaired) electrons. The van der Waals surface area contributed by atoms with Gasteiger partial charge >= 0.3 is 0 Å². The highest BCUT2D eigenvalue weighted by molar-refractivity contribution is 5.93. The van der Waals surface area contributed by atoms with Crippen LogP contribution in [0.15, 0.2) is 36.4 Å². The number of aromatic amines is 1. The summed E-state index contributed by atoms with van der Waals surface area (Å²) in [4.78, 5) is 0. The summed E-state index contributed by atoms with van der Waals surface area (Å²) in [5, 5.41) is 21.8. The number of H-pyrrole nitrogens is 1. The van der Waals surface area contributed by atoms with Gasteiger partial charge in [-0.3, -0.25) is 10.1 Å². The molecule has 0 aliphatic heterocycles. The van der Waals surface area contributed by atoms with Crippen molar-refractivity contribution in [3.8, 4) is 5.75 Å². The summed E-state index contributed by atoms with van der Waals surface area (Å²) in [6.07, 6.45) is 0. The van der Waals surface area contributed by atoms with Gasteiger partial charge in [-0.2, -0.15) is 0 Å². The van der Waals surface area contributed by atoms with E-state index in [1.165, 1.54) is 5.01 Å². The van der Waals surface area contributed by atoms with Crippen LogP contribution < -0.4 is 10.9 Å². The number of hydrazine groups is 1. The Balaban J connectivity index is 2.15. The number of benzene rings is 2. The number of aryl methyl sites for hydroxylation is 1. The molecular formula is C13H13N5O. The summed E-state index contributed by atoms with van der Waals surface area (Å²) in [5.41, 5.74) is 3.57. The molecule has 0 atom stereocenters. The largest absolute Gasteiger partial charge is 0.506 e. The van der Waals surface area contributed by atoms with Crippen molar-refractivity contribution in [3.05, 3.63) is 42.0 Å². The van der Waals surface area contributed by atoms with E-state index in [-0.39, 0.29) is 5.75 Å². The molecule has 3 rings (SSSR count). The zero-order valence-electron chi connectivity index (χ0n) is 10.3. The summed E-state index contributed by atoms with van der Waals surface area (Å²) in [7, 11) is 0. The third kappa shape index (κ3) is 1.88. The van der Waals surface area contributed by atoms with Crippen LogP contribution in [0.1, 0.15) is 5.56 Å². The molecule has 3 aromatic rings. The smallest absolute Gasteiger partial charge is 0.143 e. The van der Waals surface area contributed by atoms with E-state index >= 15 is 0 Å². The van der Waals surface area contributed by atoms with Gasteiger partial charge in [-0.15, -0.1) is 5.10 Å². The lowest BCUT2D eigenvalue weighted by Gasteiger charge is -2.20. The van der Waals surface area contributed by atoms with Crippen molar-refractivity contribution in [2.24, 2.45) is 5.84 Å². The van der Waals surface area contributed by atoms with Crippen LogP contribution in [0.5, 0.6) is 5.75 Å².